The van der Waals surface area contributed by atoms with Gasteiger partial charge in [0.05, 0.1) is 0 Å². The number of carbonyl (C=O) groups is 1. The van der Waals surface area contributed by atoms with Gasteiger partial charge in [-0.1, -0.05) is 18.3 Å². The van der Waals surface area contributed by atoms with Crippen LogP contribution in [0.3, 0.4) is 0 Å². The second-order valence-corrected chi connectivity index (χ2v) is 6.13. The number of nitrogens with two attached hydrogens (primary N) is 1. The van der Waals surface area contributed by atoms with Gasteiger partial charge in [-0.2, -0.15) is 0 Å². The summed E-state index contributed by atoms with van der Waals surface area (Å²) in [6, 6.07) is 5.24. The molecule has 2 heterocycles. The summed E-state index contributed by atoms with van der Waals surface area (Å²) in [5, 5.41) is 0. The van der Waals surface area contributed by atoms with E-state index in [9.17, 15) is 9.18 Å². The number of hydrogen-bond acceptors (Lipinski definition) is 3. The van der Waals surface area contributed by atoms with E-state index in [4.69, 9.17) is 18.0 Å². The van der Waals surface area contributed by atoms with Gasteiger partial charge in [0.1, 0.15) is 10.8 Å². The highest BCUT2D eigenvalue weighted by Gasteiger charge is 2.35. The first-order valence-electron chi connectivity index (χ1n) is 7.14. The summed E-state index contributed by atoms with van der Waals surface area (Å²) < 4.78 is 13.6. The third kappa shape index (κ3) is 2.91. The molecule has 4 nitrogen and oxygen atoms in total. The minimum absolute atomic E-state index is 0.0839. The predicted molar refractivity (Wildman–Crippen MR) is 82.3 cm³/mol. The number of rotatable bonds is 3. The molecule has 0 bridgehead atoms. The highest BCUT2D eigenvalue weighted by molar-refractivity contribution is 7.80. The van der Waals surface area contributed by atoms with Crippen molar-refractivity contribution in [3.8, 4) is 0 Å². The van der Waals surface area contributed by atoms with Crippen molar-refractivity contribution in [2.45, 2.75) is 25.4 Å². The zero-order valence-electron chi connectivity index (χ0n) is 11.7. The molecule has 2 N–H and O–H groups in total. The highest BCUT2D eigenvalue weighted by Crippen LogP contribution is 2.24. The van der Waals surface area contributed by atoms with Gasteiger partial charge in [-0.25, -0.2) is 4.39 Å². The lowest BCUT2D eigenvalue weighted by atomic mass is 10.1. The zero-order valence-corrected chi connectivity index (χ0v) is 12.5. The summed E-state index contributed by atoms with van der Waals surface area (Å²) in [6.45, 7) is 3.24. The number of carbonyl (C=O) groups excluding carboxylic acids is 1. The molecule has 2 fully saturated rings. The van der Waals surface area contributed by atoms with E-state index in [1.807, 2.05) is 4.90 Å². The molecular weight excluding hydrogens is 289 g/mol. The molecule has 1 amide bonds. The summed E-state index contributed by atoms with van der Waals surface area (Å²) in [6.07, 6.45) is 1.61. The number of piperazine rings is 1. The zero-order chi connectivity index (χ0) is 15.0. The Morgan fingerprint density at radius 1 is 1.43 bits per heavy atom. The molecule has 0 radical (unpaired) electrons. The van der Waals surface area contributed by atoms with Crippen LogP contribution in [0.25, 0.3) is 0 Å². The summed E-state index contributed by atoms with van der Waals surface area (Å²) in [5.41, 5.74) is 6.84. The lowest BCUT2D eigenvalue weighted by Crippen LogP contribution is -2.50. The highest BCUT2D eigenvalue weighted by atomic mass is 32.1. The smallest absolute Gasteiger partial charge is 0.222 e. The SMILES string of the molecule is NC(=S)c1cc(CN2CCN3C(=O)CCC3C2)ccc1F. The molecule has 2 aliphatic heterocycles. The lowest BCUT2D eigenvalue weighted by molar-refractivity contribution is -0.130. The maximum Gasteiger partial charge on any atom is 0.222 e. The molecule has 1 unspecified atom stereocenters. The van der Waals surface area contributed by atoms with Gasteiger partial charge in [-0.05, 0) is 24.1 Å². The Bertz CT molecular complexity index is 592. The molecule has 112 valence electrons. The van der Waals surface area contributed by atoms with E-state index in [2.05, 4.69) is 4.90 Å². The van der Waals surface area contributed by atoms with Gasteiger partial charge >= 0.3 is 0 Å². The van der Waals surface area contributed by atoms with Crippen molar-refractivity contribution in [1.82, 2.24) is 9.80 Å². The first kappa shape index (κ1) is 14.4. The van der Waals surface area contributed by atoms with Crippen molar-refractivity contribution in [2.24, 2.45) is 5.73 Å². The van der Waals surface area contributed by atoms with Crippen LogP contribution in [0.15, 0.2) is 18.2 Å². The van der Waals surface area contributed by atoms with E-state index >= 15 is 0 Å². The average molecular weight is 307 g/mol. The first-order chi connectivity index (χ1) is 10.0. The quantitative estimate of drug-likeness (QED) is 0.854. The molecule has 0 aliphatic carbocycles. The van der Waals surface area contributed by atoms with Gasteiger partial charge < -0.3 is 10.6 Å². The van der Waals surface area contributed by atoms with Crippen molar-refractivity contribution in [3.05, 3.63) is 35.1 Å². The van der Waals surface area contributed by atoms with E-state index in [1.165, 1.54) is 6.07 Å². The van der Waals surface area contributed by atoms with Crippen LogP contribution in [0.1, 0.15) is 24.0 Å². The third-order valence-corrected chi connectivity index (χ3v) is 4.50. The second-order valence-electron chi connectivity index (χ2n) is 5.69. The Labute approximate surface area is 128 Å². The number of halogens is 1. The monoisotopic (exact) mass is 307 g/mol. The molecule has 2 aliphatic rings. The number of amides is 1. The summed E-state index contributed by atoms with van der Waals surface area (Å²) in [7, 11) is 0. The Hall–Kier alpha value is -1.53. The molecule has 0 saturated carbocycles. The largest absolute Gasteiger partial charge is 0.389 e. The van der Waals surface area contributed by atoms with Crippen LogP contribution in [0.2, 0.25) is 0 Å². The molecule has 1 aromatic rings. The van der Waals surface area contributed by atoms with E-state index in [-0.39, 0.29) is 16.7 Å². The maximum absolute atomic E-state index is 13.6. The van der Waals surface area contributed by atoms with Crippen molar-refractivity contribution in [1.29, 1.82) is 0 Å². The predicted octanol–water partition coefficient (Wildman–Crippen LogP) is 1.27. The number of thiocarbonyl (C=S) groups is 1. The minimum atomic E-state index is -0.377. The molecule has 1 aromatic carbocycles. The number of hydrogen-bond donors (Lipinski definition) is 1. The van der Waals surface area contributed by atoms with E-state index in [0.29, 0.717) is 18.0 Å². The van der Waals surface area contributed by atoms with Crippen molar-refractivity contribution in [3.63, 3.8) is 0 Å². The average Bonchev–Trinajstić information content (AvgIpc) is 2.82. The third-order valence-electron chi connectivity index (χ3n) is 4.28. The van der Waals surface area contributed by atoms with Crippen LogP contribution in [0.4, 0.5) is 4.39 Å². The van der Waals surface area contributed by atoms with Crippen LogP contribution < -0.4 is 5.73 Å². The number of nitrogens with zero attached hydrogens (tertiary/aromatic N) is 2. The molecule has 6 heteroatoms. The first-order valence-corrected chi connectivity index (χ1v) is 7.55. The second kappa shape index (κ2) is 5.69. The van der Waals surface area contributed by atoms with E-state index in [0.717, 1.165) is 38.2 Å². The molecule has 1 atom stereocenters. The molecule has 0 aromatic heterocycles. The van der Waals surface area contributed by atoms with Gasteiger partial charge in [0.25, 0.3) is 0 Å². The van der Waals surface area contributed by atoms with Crippen molar-refractivity contribution < 1.29 is 9.18 Å². The standard InChI is InChI=1S/C15H18FN3OS/c16-13-3-1-10(7-12(13)15(17)21)8-18-5-6-19-11(9-18)2-4-14(19)20/h1,3,7,11H,2,4-6,8-9H2,(H2,17,21). The van der Waals surface area contributed by atoms with Crippen molar-refractivity contribution in [2.75, 3.05) is 19.6 Å². The number of fused-ring (bicyclic) bond motifs is 1. The minimum Gasteiger partial charge on any atom is -0.389 e. The van der Waals surface area contributed by atoms with Crippen LogP contribution in [0, 0.1) is 5.82 Å². The van der Waals surface area contributed by atoms with E-state index in [1.54, 1.807) is 12.1 Å². The van der Waals surface area contributed by atoms with Gasteiger partial charge in [0, 0.05) is 44.2 Å². The van der Waals surface area contributed by atoms with Crippen molar-refractivity contribution >= 4 is 23.1 Å². The van der Waals surface area contributed by atoms with Gasteiger partial charge in [0.2, 0.25) is 5.91 Å². The fourth-order valence-electron chi connectivity index (χ4n) is 3.19. The van der Waals surface area contributed by atoms with Crippen LogP contribution in [-0.2, 0) is 11.3 Å². The molecule has 3 rings (SSSR count). The van der Waals surface area contributed by atoms with Crippen LogP contribution in [-0.4, -0.2) is 46.4 Å². The molecule has 21 heavy (non-hydrogen) atoms. The Morgan fingerprint density at radius 2 is 2.24 bits per heavy atom. The molecular formula is C15H18FN3OS. The summed E-state index contributed by atoms with van der Waals surface area (Å²) in [4.78, 5) is 16.0. The van der Waals surface area contributed by atoms with Gasteiger partial charge in [-0.15, -0.1) is 0 Å². The summed E-state index contributed by atoms with van der Waals surface area (Å²) in [5.74, 6) is -0.102. The Morgan fingerprint density at radius 3 is 3.00 bits per heavy atom. The lowest BCUT2D eigenvalue weighted by Gasteiger charge is -2.37. The maximum atomic E-state index is 13.6. The fraction of sp³-hybridized carbons (Fsp3) is 0.467. The Balaban J connectivity index is 1.69. The van der Waals surface area contributed by atoms with Crippen LogP contribution in [0.5, 0.6) is 0 Å². The molecule has 2 saturated heterocycles. The number of benzene rings is 1. The van der Waals surface area contributed by atoms with E-state index < -0.39 is 0 Å². The topological polar surface area (TPSA) is 49.6 Å². The fourth-order valence-corrected chi connectivity index (χ4v) is 3.35. The van der Waals surface area contributed by atoms with Crippen LogP contribution >= 0.6 is 12.2 Å². The summed E-state index contributed by atoms with van der Waals surface area (Å²) >= 11 is 4.87. The molecule has 0 spiro atoms. The van der Waals surface area contributed by atoms with Gasteiger partial charge in [-0.3, -0.25) is 9.69 Å². The Kier molecular flexibility index (Phi) is 3.91. The van der Waals surface area contributed by atoms with Gasteiger partial charge in [0.15, 0.2) is 0 Å². The normalized spacial score (nSPS) is 22.4.